The number of amides is 2. The van der Waals surface area contributed by atoms with Crippen LogP contribution in [-0.2, 0) is 6.54 Å². The van der Waals surface area contributed by atoms with Gasteiger partial charge in [-0.25, -0.2) is 4.79 Å². The van der Waals surface area contributed by atoms with Gasteiger partial charge in [-0.3, -0.25) is 5.10 Å². The van der Waals surface area contributed by atoms with Crippen LogP contribution in [0.25, 0.3) is 0 Å². The third kappa shape index (κ3) is 3.09. The van der Waals surface area contributed by atoms with Gasteiger partial charge in [-0.1, -0.05) is 6.07 Å². The van der Waals surface area contributed by atoms with Gasteiger partial charge in [-0.05, 0) is 25.3 Å². The topological polar surface area (TPSA) is 64.3 Å². The number of aromatic nitrogens is 2. The van der Waals surface area contributed by atoms with Crippen molar-refractivity contribution < 1.29 is 4.79 Å². The van der Waals surface area contributed by atoms with E-state index in [0.717, 1.165) is 37.6 Å². The van der Waals surface area contributed by atoms with E-state index in [1.807, 2.05) is 36.3 Å². The summed E-state index contributed by atoms with van der Waals surface area (Å²) in [6, 6.07) is 4.06. The first-order valence-corrected chi connectivity index (χ1v) is 8.35. The van der Waals surface area contributed by atoms with Crippen molar-refractivity contribution in [1.82, 2.24) is 20.4 Å². The number of rotatable bonds is 3. The SMILES string of the molecule is Cc1n[nH]c(C)c1N1CCN(C(=O)NCc2cccs2)CC1. The van der Waals surface area contributed by atoms with Gasteiger partial charge in [0.25, 0.3) is 0 Å². The minimum absolute atomic E-state index is 0.0219. The van der Waals surface area contributed by atoms with Gasteiger partial charge in [-0.2, -0.15) is 5.10 Å². The summed E-state index contributed by atoms with van der Waals surface area (Å²) >= 11 is 1.66. The van der Waals surface area contributed by atoms with E-state index < -0.39 is 0 Å². The summed E-state index contributed by atoms with van der Waals surface area (Å²) in [4.78, 5) is 17.6. The number of hydrogen-bond donors (Lipinski definition) is 2. The fourth-order valence-electron chi connectivity index (χ4n) is 2.83. The number of carbonyl (C=O) groups is 1. The highest BCUT2D eigenvalue weighted by atomic mass is 32.1. The smallest absolute Gasteiger partial charge is 0.317 e. The largest absolute Gasteiger partial charge is 0.365 e. The second-order valence-electron chi connectivity index (χ2n) is 5.49. The summed E-state index contributed by atoms with van der Waals surface area (Å²) in [6.45, 7) is 7.81. The van der Waals surface area contributed by atoms with Crippen molar-refractivity contribution in [1.29, 1.82) is 0 Å². The number of anilines is 1. The lowest BCUT2D eigenvalue weighted by Crippen LogP contribution is -2.51. The summed E-state index contributed by atoms with van der Waals surface area (Å²) in [5.74, 6) is 0. The van der Waals surface area contributed by atoms with Crippen molar-refractivity contribution in [2.24, 2.45) is 0 Å². The zero-order valence-electron chi connectivity index (χ0n) is 12.9. The van der Waals surface area contributed by atoms with Crippen molar-refractivity contribution in [3.8, 4) is 0 Å². The molecule has 0 radical (unpaired) electrons. The lowest BCUT2D eigenvalue weighted by molar-refractivity contribution is 0.194. The molecule has 2 amide bonds. The second kappa shape index (κ2) is 6.39. The number of carbonyl (C=O) groups excluding carboxylic acids is 1. The van der Waals surface area contributed by atoms with Crippen LogP contribution in [0.1, 0.15) is 16.3 Å². The first kappa shape index (κ1) is 14.9. The van der Waals surface area contributed by atoms with Crippen LogP contribution in [0.2, 0.25) is 0 Å². The molecule has 1 aliphatic heterocycles. The lowest BCUT2D eigenvalue weighted by Gasteiger charge is -2.36. The van der Waals surface area contributed by atoms with Gasteiger partial charge in [0.15, 0.2) is 0 Å². The molecule has 3 rings (SSSR count). The average molecular weight is 319 g/mol. The van der Waals surface area contributed by atoms with Crippen LogP contribution in [-0.4, -0.2) is 47.3 Å². The van der Waals surface area contributed by atoms with Gasteiger partial charge in [0.05, 0.1) is 23.6 Å². The Morgan fingerprint density at radius 2 is 2.14 bits per heavy atom. The monoisotopic (exact) mass is 319 g/mol. The van der Waals surface area contributed by atoms with E-state index >= 15 is 0 Å². The molecule has 3 heterocycles. The Hall–Kier alpha value is -2.02. The number of aryl methyl sites for hydroxylation is 2. The third-order valence-corrected chi connectivity index (χ3v) is 4.84. The molecule has 2 N–H and O–H groups in total. The molecule has 118 valence electrons. The highest BCUT2D eigenvalue weighted by molar-refractivity contribution is 7.09. The Labute approximate surface area is 134 Å². The van der Waals surface area contributed by atoms with Crippen molar-refractivity contribution in [2.75, 3.05) is 31.1 Å². The number of H-pyrrole nitrogens is 1. The second-order valence-corrected chi connectivity index (χ2v) is 6.53. The highest BCUT2D eigenvalue weighted by Crippen LogP contribution is 2.23. The lowest BCUT2D eigenvalue weighted by atomic mass is 10.2. The van der Waals surface area contributed by atoms with Crippen LogP contribution in [0, 0.1) is 13.8 Å². The normalized spacial score (nSPS) is 15.2. The van der Waals surface area contributed by atoms with Crippen molar-refractivity contribution >= 4 is 23.1 Å². The van der Waals surface area contributed by atoms with Crippen molar-refractivity contribution in [3.05, 3.63) is 33.8 Å². The molecule has 0 aromatic carbocycles. The molecule has 22 heavy (non-hydrogen) atoms. The number of urea groups is 1. The molecule has 0 atom stereocenters. The predicted molar refractivity (Wildman–Crippen MR) is 88.4 cm³/mol. The van der Waals surface area contributed by atoms with Gasteiger partial charge in [0, 0.05) is 31.1 Å². The van der Waals surface area contributed by atoms with Crippen LogP contribution in [0.15, 0.2) is 17.5 Å². The van der Waals surface area contributed by atoms with E-state index in [0.29, 0.717) is 6.54 Å². The first-order chi connectivity index (χ1) is 10.6. The van der Waals surface area contributed by atoms with E-state index in [9.17, 15) is 4.79 Å². The van der Waals surface area contributed by atoms with E-state index in [1.54, 1.807) is 11.3 Å². The highest BCUT2D eigenvalue weighted by Gasteiger charge is 2.23. The van der Waals surface area contributed by atoms with Crippen LogP contribution in [0.4, 0.5) is 10.5 Å². The van der Waals surface area contributed by atoms with E-state index in [-0.39, 0.29) is 6.03 Å². The van der Waals surface area contributed by atoms with E-state index in [2.05, 4.69) is 20.4 Å². The fraction of sp³-hybridized carbons (Fsp3) is 0.467. The number of piperazine rings is 1. The number of thiophene rings is 1. The summed E-state index contributed by atoms with van der Waals surface area (Å²) in [7, 11) is 0. The Balaban J connectivity index is 1.52. The van der Waals surface area contributed by atoms with Gasteiger partial charge >= 0.3 is 6.03 Å². The zero-order chi connectivity index (χ0) is 15.5. The van der Waals surface area contributed by atoms with Gasteiger partial charge in [-0.15, -0.1) is 11.3 Å². The van der Waals surface area contributed by atoms with Gasteiger partial charge in [0.2, 0.25) is 0 Å². The maximum atomic E-state index is 12.2. The minimum atomic E-state index is 0.0219. The number of aromatic amines is 1. The third-order valence-electron chi connectivity index (χ3n) is 3.97. The van der Waals surface area contributed by atoms with Crippen LogP contribution < -0.4 is 10.2 Å². The number of nitrogens with zero attached hydrogens (tertiary/aromatic N) is 3. The standard InChI is InChI=1S/C15H21N5OS/c1-11-14(12(2)18-17-11)19-5-7-20(8-6-19)15(21)16-10-13-4-3-9-22-13/h3-4,9H,5-8,10H2,1-2H3,(H,16,21)(H,17,18). The molecule has 0 aliphatic carbocycles. The van der Waals surface area contributed by atoms with E-state index in [1.165, 1.54) is 10.6 Å². The quantitative estimate of drug-likeness (QED) is 0.911. The first-order valence-electron chi connectivity index (χ1n) is 7.47. The minimum Gasteiger partial charge on any atom is -0.365 e. The summed E-state index contributed by atoms with van der Waals surface area (Å²) in [5, 5.41) is 12.3. The maximum Gasteiger partial charge on any atom is 0.317 e. The molecule has 1 aliphatic rings. The molecule has 0 unspecified atom stereocenters. The number of nitrogens with one attached hydrogen (secondary N) is 2. The van der Waals surface area contributed by atoms with Crippen molar-refractivity contribution in [2.45, 2.75) is 20.4 Å². The van der Waals surface area contributed by atoms with Crippen LogP contribution >= 0.6 is 11.3 Å². The molecule has 1 saturated heterocycles. The molecule has 0 spiro atoms. The summed E-state index contributed by atoms with van der Waals surface area (Å²) < 4.78 is 0. The van der Waals surface area contributed by atoms with Crippen molar-refractivity contribution in [3.63, 3.8) is 0 Å². The fourth-order valence-corrected chi connectivity index (χ4v) is 3.48. The molecule has 2 aromatic heterocycles. The molecular formula is C15H21N5OS. The van der Waals surface area contributed by atoms with Gasteiger partial charge in [0.1, 0.15) is 0 Å². The Morgan fingerprint density at radius 3 is 2.73 bits per heavy atom. The number of hydrogen-bond acceptors (Lipinski definition) is 4. The molecule has 0 bridgehead atoms. The summed E-state index contributed by atoms with van der Waals surface area (Å²) in [6.07, 6.45) is 0. The zero-order valence-corrected chi connectivity index (χ0v) is 13.7. The Bertz CT molecular complexity index is 609. The van der Waals surface area contributed by atoms with Gasteiger partial charge < -0.3 is 15.1 Å². The molecule has 2 aromatic rings. The molecule has 7 heteroatoms. The molecule has 6 nitrogen and oxygen atoms in total. The molecular weight excluding hydrogens is 298 g/mol. The average Bonchev–Trinajstić information content (AvgIpc) is 3.15. The molecule has 0 saturated carbocycles. The maximum absolute atomic E-state index is 12.2. The predicted octanol–water partition coefficient (Wildman–Crippen LogP) is 2.12. The van der Waals surface area contributed by atoms with Crippen LogP contribution in [0.3, 0.4) is 0 Å². The summed E-state index contributed by atoms with van der Waals surface area (Å²) in [5.41, 5.74) is 3.29. The van der Waals surface area contributed by atoms with E-state index in [4.69, 9.17) is 0 Å². The van der Waals surface area contributed by atoms with Crippen LogP contribution in [0.5, 0.6) is 0 Å². The Kier molecular flexibility index (Phi) is 4.33. The molecule has 1 fully saturated rings. The Morgan fingerprint density at radius 1 is 1.36 bits per heavy atom.